The second-order valence-corrected chi connectivity index (χ2v) is 8.43. The highest BCUT2D eigenvalue weighted by Gasteiger charge is 2.42. The van der Waals surface area contributed by atoms with Crippen molar-refractivity contribution in [2.24, 2.45) is 0 Å². The lowest BCUT2D eigenvalue weighted by Gasteiger charge is -2.27. The zero-order valence-electron chi connectivity index (χ0n) is 19.2. The number of ether oxygens (including phenoxy) is 1. The van der Waals surface area contributed by atoms with Crippen molar-refractivity contribution in [2.75, 3.05) is 13.2 Å². The van der Waals surface area contributed by atoms with Gasteiger partial charge in [-0.25, -0.2) is 4.79 Å². The Morgan fingerprint density at radius 1 is 1.18 bits per heavy atom. The molecule has 0 radical (unpaired) electrons. The standard InChI is InChI=1S/C25H26N4O4S/c1-4-33-21(30)14-28-23(22(27-25(28)34)19-10-7-8-12-26-19)18-13-15(2)29(16(18)3)20-11-6-5-9-17(20)24(31)32/h5-13,22-23H,4,14H2,1-3H3,(H,27,34)(H,31,32). The van der Waals surface area contributed by atoms with Gasteiger partial charge in [0.25, 0.3) is 0 Å². The largest absolute Gasteiger partial charge is 0.478 e. The molecule has 4 rings (SSSR count). The van der Waals surface area contributed by atoms with Crippen molar-refractivity contribution in [2.45, 2.75) is 32.9 Å². The number of hydrogen-bond donors (Lipinski definition) is 2. The van der Waals surface area contributed by atoms with Crippen LogP contribution in [0.4, 0.5) is 0 Å². The van der Waals surface area contributed by atoms with Crippen LogP contribution in [0.15, 0.2) is 54.7 Å². The number of benzene rings is 1. The van der Waals surface area contributed by atoms with Gasteiger partial charge in [0, 0.05) is 17.6 Å². The van der Waals surface area contributed by atoms with Crippen LogP contribution in [0, 0.1) is 13.8 Å². The molecule has 1 fully saturated rings. The van der Waals surface area contributed by atoms with E-state index in [1.54, 1.807) is 31.3 Å². The van der Waals surface area contributed by atoms with Gasteiger partial charge in [-0.2, -0.15) is 0 Å². The van der Waals surface area contributed by atoms with Crippen LogP contribution in [0.2, 0.25) is 0 Å². The summed E-state index contributed by atoms with van der Waals surface area (Å²) < 4.78 is 7.12. The van der Waals surface area contributed by atoms with Crippen LogP contribution < -0.4 is 5.32 Å². The highest BCUT2D eigenvalue weighted by Crippen LogP contribution is 2.41. The summed E-state index contributed by atoms with van der Waals surface area (Å²) in [5.41, 5.74) is 4.23. The lowest BCUT2D eigenvalue weighted by atomic mass is 9.96. The molecule has 3 aromatic rings. The first-order valence-corrected chi connectivity index (χ1v) is 11.4. The first-order valence-electron chi connectivity index (χ1n) is 11.0. The maximum absolute atomic E-state index is 12.4. The lowest BCUT2D eigenvalue weighted by molar-refractivity contribution is -0.143. The molecular formula is C25H26N4O4S. The maximum Gasteiger partial charge on any atom is 0.337 e. The monoisotopic (exact) mass is 478 g/mol. The number of esters is 1. The SMILES string of the molecule is CCOC(=O)CN1C(=S)NC(c2ccccn2)C1c1cc(C)n(-c2ccccc2C(=O)O)c1C. The van der Waals surface area contributed by atoms with Crippen LogP contribution in [-0.4, -0.2) is 49.8 Å². The number of carbonyl (C=O) groups excluding carboxylic acids is 1. The number of carbonyl (C=O) groups is 2. The Labute approximate surface area is 203 Å². The van der Waals surface area contributed by atoms with E-state index in [2.05, 4.69) is 10.3 Å². The number of thiocarbonyl (C=S) groups is 1. The van der Waals surface area contributed by atoms with Gasteiger partial charge >= 0.3 is 11.9 Å². The van der Waals surface area contributed by atoms with Gasteiger partial charge in [-0.05, 0) is 68.9 Å². The second kappa shape index (κ2) is 9.64. The van der Waals surface area contributed by atoms with E-state index in [-0.39, 0.29) is 36.8 Å². The molecule has 0 bridgehead atoms. The molecular weight excluding hydrogens is 452 g/mol. The average molecular weight is 479 g/mol. The van der Waals surface area contributed by atoms with Gasteiger partial charge in [-0.1, -0.05) is 18.2 Å². The summed E-state index contributed by atoms with van der Waals surface area (Å²) in [5, 5.41) is 13.5. The summed E-state index contributed by atoms with van der Waals surface area (Å²) in [6.45, 7) is 5.91. The zero-order chi connectivity index (χ0) is 24.4. The van der Waals surface area contributed by atoms with E-state index in [4.69, 9.17) is 17.0 Å². The van der Waals surface area contributed by atoms with Crippen molar-refractivity contribution in [3.05, 3.63) is 82.9 Å². The number of hydrogen-bond acceptors (Lipinski definition) is 5. The number of rotatable bonds is 7. The van der Waals surface area contributed by atoms with Crippen LogP contribution in [0.3, 0.4) is 0 Å². The minimum Gasteiger partial charge on any atom is -0.478 e. The molecule has 1 aromatic carbocycles. The molecule has 0 spiro atoms. The van der Waals surface area contributed by atoms with Crippen molar-refractivity contribution < 1.29 is 19.4 Å². The van der Waals surface area contributed by atoms with Crippen molar-refractivity contribution >= 4 is 29.3 Å². The van der Waals surface area contributed by atoms with Gasteiger partial charge < -0.3 is 24.6 Å². The van der Waals surface area contributed by atoms with Crippen LogP contribution in [0.25, 0.3) is 5.69 Å². The Kier molecular flexibility index (Phi) is 6.65. The molecule has 176 valence electrons. The number of aromatic carboxylic acids is 1. The summed E-state index contributed by atoms with van der Waals surface area (Å²) in [5.74, 6) is -1.37. The first kappa shape index (κ1) is 23.4. The Morgan fingerprint density at radius 2 is 1.91 bits per heavy atom. The number of aryl methyl sites for hydroxylation is 1. The summed E-state index contributed by atoms with van der Waals surface area (Å²) in [4.78, 5) is 30.7. The topological polar surface area (TPSA) is 96.7 Å². The van der Waals surface area contributed by atoms with Crippen molar-refractivity contribution in [1.29, 1.82) is 0 Å². The highest BCUT2D eigenvalue weighted by atomic mass is 32.1. The van der Waals surface area contributed by atoms with E-state index in [1.807, 2.05) is 53.6 Å². The molecule has 2 unspecified atom stereocenters. The van der Waals surface area contributed by atoms with E-state index in [1.165, 1.54) is 0 Å². The zero-order valence-corrected chi connectivity index (χ0v) is 20.0. The predicted molar refractivity (Wildman–Crippen MR) is 131 cm³/mol. The molecule has 0 amide bonds. The van der Waals surface area contributed by atoms with Gasteiger partial charge in [0.2, 0.25) is 0 Å². The summed E-state index contributed by atoms with van der Waals surface area (Å²) >= 11 is 5.62. The first-order chi connectivity index (χ1) is 16.3. The van der Waals surface area contributed by atoms with E-state index in [9.17, 15) is 14.7 Å². The smallest absolute Gasteiger partial charge is 0.337 e. The maximum atomic E-state index is 12.4. The fraction of sp³-hybridized carbons (Fsp3) is 0.280. The van der Waals surface area contributed by atoms with E-state index in [0.717, 1.165) is 22.6 Å². The minimum absolute atomic E-state index is 0.0109. The molecule has 2 N–H and O–H groups in total. The second-order valence-electron chi connectivity index (χ2n) is 8.04. The van der Waals surface area contributed by atoms with Crippen molar-refractivity contribution in [3.8, 4) is 5.69 Å². The predicted octanol–water partition coefficient (Wildman–Crippen LogP) is 3.72. The molecule has 3 heterocycles. The average Bonchev–Trinajstić information content (AvgIpc) is 3.29. The molecule has 9 heteroatoms. The number of para-hydroxylation sites is 1. The quantitative estimate of drug-likeness (QED) is 0.392. The highest BCUT2D eigenvalue weighted by molar-refractivity contribution is 7.80. The third-order valence-electron chi connectivity index (χ3n) is 5.97. The fourth-order valence-corrected chi connectivity index (χ4v) is 4.87. The van der Waals surface area contributed by atoms with E-state index >= 15 is 0 Å². The Hall–Kier alpha value is -3.72. The molecule has 8 nitrogen and oxygen atoms in total. The molecule has 2 atom stereocenters. The summed E-state index contributed by atoms with van der Waals surface area (Å²) in [6, 6.07) is 13.9. The van der Waals surface area contributed by atoms with Crippen LogP contribution in [-0.2, 0) is 9.53 Å². The van der Waals surface area contributed by atoms with Gasteiger partial charge in [0.05, 0.1) is 35.6 Å². The van der Waals surface area contributed by atoms with E-state index < -0.39 is 5.97 Å². The number of pyridine rings is 1. The number of carboxylic acids is 1. The third-order valence-corrected chi connectivity index (χ3v) is 6.32. The van der Waals surface area contributed by atoms with Crippen LogP contribution in [0.5, 0.6) is 0 Å². The Morgan fingerprint density at radius 3 is 2.59 bits per heavy atom. The van der Waals surface area contributed by atoms with Gasteiger partial charge in [-0.3, -0.25) is 9.78 Å². The minimum atomic E-state index is -0.997. The van der Waals surface area contributed by atoms with Crippen LogP contribution in [0.1, 0.15) is 52.0 Å². The van der Waals surface area contributed by atoms with Crippen molar-refractivity contribution in [1.82, 2.24) is 19.8 Å². The fourth-order valence-electron chi connectivity index (χ4n) is 4.57. The molecule has 34 heavy (non-hydrogen) atoms. The van der Waals surface area contributed by atoms with E-state index in [0.29, 0.717) is 10.8 Å². The Balaban J connectivity index is 1.85. The summed E-state index contributed by atoms with van der Waals surface area (Å²) in [7, 11) is 0. The lowest BCUT2D eigenvalue weighted by Crippen LogP contribution is -2.35. The third kappa shape index (κ3) is 4.26. The number of nitrogens with zero attached hydrogens (tertiary/aromatic N) is 3. The number of carboxylic acid groups (broad SMARTS) is 1. The number of nitrogens with one attached hydrogen (secondary N) is 1. The van der Waals surface area contributed by atoms with Gasteiger partial charge in [0.15, 0.2) is 5.11 Å². The molecule has 1 aliphatic rings. The molecule has 2 aromatic heterocycles. The van der Waals surface area contributed by atoms with Gasteiger partial charge in [-0.15, -0.1) is 0 Å². The molecule has 0 aliphatic carbocycles. The normalized spacial score (nSPS) is 17.5. The number of aromatic nitrogens is 2. The van der Waals surface area contributed by atoms with Crippen molar-refractivity contribution in [3.63, 3.8) is 0 Å². The van der Waals surface area contributed by atoms with Gasteiger partial charge in [0.1, 0.15) is 6.54 Å². The molecule has 1 aliphatic heterocycles. The Bertz CT molecular complexity index is 1240. The summed E-state index contributed by atoms with van der Waals surface area (Å²) in [6.07, 6.45) is 1.72. The van der Waals surface area contributed by atoms with Crippen LogP contribution >= 0.6 is 12.2 Å². The molecule has 0 saturated carbocycles. The molecule has 1 saturated heterocycles.